The van der Waals surface area contributed by atoms with Crippen LogP contribution in [0, 0.1) is 0 Å². The number of para-hydroxylation sites is 2. The molecule has 1 unspecified atom stereocenters. The molecular weight excluding hydrogens is 228 g/mol. The summed E-state index contributed by atoms with van der Waals surface area (Å²) in [6, 6.07) is 7.70. The summed E-state index contributed by atoms with van der Waals surface area (Å²) < 4.78 is 11.4. The second-order valence-electron chi connectivity index (χ2n) is 3.56. The maximum Gasteiger partial charge on any atom is 1.00 e. The fraction of sp³-hybridized carbons (Fsp3) is 0.364. The van der Waals surface area contributed by atoms with Crippen molar-refractivity contribution in [2.75, 3.05) is 19.7 Å². The van der Waals surface area contributed by atoms with Gasteiger partial charge in [-0.3, -0.25) is 4.99 Å². The summed E-state index contributed by atoms with van der Waals surface area (Å²) in [4.78, 5) is 4.33. The van der Waals surface area contributed by atoms with Gasteiger partial charge in [-0.05, 0) is 12.1 Å². The highest BCUT2D eigenvalue weighted by Crippen LogP contribution is 2.31. The number of halogens is 1. The van der Waals surface area contributed by atoms with Crippen molar-refractivity contribution in [2.24, 2.45) is 4.99 Å². The molecule has 86 valence electrons. The average molecular weight is 241 g/mol. The van der Waals surface area contributed by atoms with Crippen molar-refractivity contribution >= 4 is 5.84 Å². The summed E-state index contributed by atoms with van der Waals surface area (Å²) in [6.07, 6.45) is -0.0811. The van der Waals surface area contributed by atoms with Crippen LogP contribution in [0.1, 0.15) is 1.43 Å². The average Bonchev–Trinajstić information content (AvgIpc) is 2.82. The fourth-order valence-electron chi connectivity index (χ4n) is 1.79. The minimum absolute atomic E-state index is 0. The molecular formula is C11H13ClN2O2. The van der Waals surface area contributed by atoms with Crippen LogP contribution in [0.25, 0.3) is 0 Å². The maximum absolute atomic E-state index is 5.80. The first-order valence-corrected chi connectivity index (χ1v) is 5.10. The first-order valence-electron chi connectivity index (χ1n) is 5.10. The van der Waals surface area contributed by atoms with Gasteiger partial charge in [-0.1, -0.05) is 12.1 Å². The lowest BCUT2D eigenvalue weighted by Crippen LogP contribution is -3.00. The quantitative estimate of drug-likeness (QED) is 0.614. The van der Waals surface area contributed by atoms with Gasteiger partial charge in [0.1, 0.15) is 12.4 Å². The molecule has 4 nitrogen and oxygen atoms in total. The SMILES string of the molecule is [Cl-].[H+].c1ccc2c(c1)OCC(C1=NCCN1)O2. The van der Waals surface area contributed by atoms with Crippen LogP contribution in [-0.2, 0) is 0 Å². The van der Waals surface area contributed by atoms with E-state index in [1.165, 1.54) is 0 Å². The first-order chi connectivity index (χ1) is 7.43. The van der Waals surface area contributed by atoms with E-state index >= 15 is 0 Å². The van der Waals surface area contributed by atoms with Crippen molar-refractivity contribution < 1.29 is 23.3 Å². The lowest BCUT2D eigenvalue weighted by atomic mass is 10.2. The number of ether oxygens (including phenoxy) is 2. The molecule has 0 radical (unpaired) electrons. The number of nitrogens with zero attached hydrogens (tertiary/aromatic N) is 1. The Morgan fingerprint density at radius 1 is 1.31 bits per heavy atom. The van der Waals surface area contributed by atoms with Gasteiger partial charge in [0.2, 0.25) is 0 Å². The molecule has 16 heavy (non-hydrogen) atoms. The number of hydrogen-bond donors (Lipinski definition) is 1. The Morgan fingerprint density at radius 2 is 2.12 bits per heavy atom. The molecule has 2 aliphatic rings. The molecule has 0 saturated heterocycles. The number of rotatable bonds is 1. The highest BCUT2D eigenvalue weighted by Gasteiger charge is 2.26. The maximum atomic E-state index is 5.80. The summed E-state index contributed by atoms with van der Waals surface area (Å²) in [5.41, 5.74) is 0. The predicted octanol–water partition coefficient (Wildman–Crippen LogP) is -2.06. The van der Waals surface area contributed by atoms with Gasteiger partial charge in [-0.25, -0.2) is 0 Å². The third-order valence-corrected chi connectivity index (χ3v) is 2.51. The molecule has 0 bridgehead atoms. The van der Waals surface area contributed by atoms with Gasteiger partial charge in [0.05, 0.1) is 6.54 Å². The Bertz CT molecular complexity index is 414. The van der Waals surface area contributed by atoms with Crippen molar-refractivity contribution in [2.45, 2.75) is 6.10 Å². The van der Waals surface area contributed by atoms with Gasteiger partial charge >= 0.3 is 1.43 Å². The van der Waals surface area contributed by atoms with E-state index in [4.69, 9.17) is 9.47 Å². The van der Waals surface area contributed by atoms with Gasteiger partial charge in [0.25, 0.3) is 0 Å². The Hall–Kier alpha value is -1.42. The number of fused-ring (bicyclic) bond motifs is 1. The van der Waals surface area contributed by atoms with Crippen LogP contribution in [0.15, 0.2) is 29.3 Å². The minimum atomic E-state index is -0.0811. The summed E-state index contributed by atoms with van der Waals surface area (Å²) in [5, 5.41) is 3.20. The molecule has 1 atom stereocenters. The molecule has 0 fully saturated rings. The number of amidine groups is 1. The van der Waals surface area contributed by atoms with Crippen molar-refractivity contribution in [3.63, 3.8) is 0 Å². The molecule has 0 aromatic heterocycles. The van der Waals surface area contributed by atoms with Gasteiger partial charge in [-0.2, -0.15) is 0 Å². The second kappa shape index (κ2) is 4.61. The molecule has 0 aliphatic carbocycles. The van der Waals surface area contributed by atoms with Crippen LogP contribution in [0.4, 0.5) is 0 Å². The van der Waals surface area contributed by atoms with Gasteiger partial charge in [-0.15, -0.1) is 0 Å². The van der Waals surface area contributed by atoms with Crippen LogP contribution in [0.5, 0.6) is 11.5 Å². The van der Waals surface area contributed by atoms with Crippen molar-refractivity contribution in [3.8, 4) is 11.5 Å². The van der Waals surface area contributed by atoms with Crippen molar-refractivity contribution in [1.82, 2.24) is 5.32 Å². The largest absolute Gasteiger partial charge is 1.00 e. The third-order valence-electron chi connectivity index (χ3n) is 2.51. The predicted molar refractivity (Wildman–Crippen MR) is 57.8 cm³/mol. The highest BCUT2D eigenvalue weighted by atomic mass is 35.5. The molecule has 1 aromatic rings. The van der Waals surface area contributed by atoms with E-state index in [2.05, 4.69) is 10.3 Å². The summed E-state index contributed by atoms with van der Waals surface area (Å²) in [6.45, 7) is 2.26. The van der Waals surface area contributed by atoms with Crippen LogP contribution in [0.2, 0.25) is 0 Å². The van der Waals surface area contributed by atoms with E-state index in [-0.39, 0.29) is 19.9 Å². The molecule has 3 rings (SSSR count). The minimum Gasteiger partial charge on any atom is -1.00 e. The molecule has 2 heterocycles. The van der Waals surface area contributed by atoms with Gasteiger partial charge in [0.15, 0.2) is 17.6 Å². The summed E-state index contributed by atoms with van der Waals surface area (Å²) in [5.74, 6) is 2.52. The van der Waals surface area contributed by atoms with E-state index in [1.54, 1.807) is 0 Å². The van der Waals surface area contributed by atoms with Crippen LogP contribution in [-0.4, -0.2) is 31.6 Å². The monoisotopic (exact) mass is 240 g/mol. The molecule has 1 aromatic carbocycles. The molecule has 0 spiro atoms. The standard InChI is InChI=1S/C11H12N2O2.ClH/c1-2-4-9-8(3-1)14-7-10(15-9)11-12-5-6-13-11;/h1-4,10H,5-7H2,(H,12,13);1H. The van der Waals surface area contributed by atoms with Crippen LogP contribution in [0.3, 0.4) is 0 Å². The van der Waals surface area contributed by atoms with E-state index < -0.39 is 0 Å². The van der Waals surface area contributed by atoms with E-state index in [0.717, 1.165) is 30.4 Å². The Kier molecular flexibility index (Phi) is 3.19. The normalized spacial score (nSPS) is 21.8. The smallest absolute Gasteiger partial charge is 1.00 e. The van der Waals surface area contributed by atoms with Crippen molar-refractivity contribution in [1.29, 1.82) is 0 Å². The molecule has 0 amide bonds. The molecule has 1 N–H and O–H groups in total. The number of nitrogens with one attached hydrogen (secondary N) is 1. The summed E-state index contributed by atoms with van der Waals surface area (Å²) in [7, 11) is 0. The zero-order valence-corrected chi connectivity index (χ0v) is 9.41. The topological polar surface area (TPSA) is 42.8 Å². The lowest BCUT2D eigenvalue weighted by molar-refractivity contribution is -0.00000368. The van der Waals surface area contributed by atoms with Gasteiger partial charge < -0.3 is 27.2 Å². The Balaban J connectivity index is 0.000000722. The van der Waals surface area contributed by atoms with Crippen LogP contribution >= 0.6 is 0 Å². The highest BCUT2D eigenvalue weighted by molar-refractivity contribution is 5.88. The number of benzene rings is 1. The Labute approximate surface area is 102 Å². The fourth-order valence-corrected chi connectivity index (χ4v) is 1.79. The first kappa shape index (κ1) is 11.1. The molecule has 2 aliphatic heterocycles. The van der Waals surface area contributed by atoms with E-state index in [1.807, 2.05) is 24.3 Å². The molecule has 5 heteroatoms. The van der Waals surface area contributed by atoms with Crippen LogP contribution < -0.4 is 27.2 Å². The van der Waals surface area contributed by atoms with Gasteiger partial charge in [0, 0.05) is 6.54 Å². The zero-order chi connectivity index (χ0) is 10.1. The molecule has 0 saturated carbocycles. The van der Waals surface area contributed by atoms with Crippen molar-refractivity contribution in [3.05, 3.63) is 24.3 Å². The summed E-state index contributed by atoms with van der Waals surface area (Å²) >= 11 is 0. The zero-order valence-electron chi connectivity index (χ0n) is 9.65. The van der Waals surface area contributed by atoms with E-state index in [9.17, 15) is 0 Å². The second-order valence-corrected chi connectivity index (χ2v) is 3.56. The number of hydrogen-bond acceptors (Lipinski definition) is 4. The third kappa shape index (κ3) is 1.93. The van der Waals surface area contributed by atoms with E-state index in [0.29, 0.717) is 6.61 Å². The number of aliphatic imine (C=N–C) groups is 1. The lowest BCUT2D eigenvalue weighted by Gasteiger charge is -2.26. The Morgan fingerprint density at radius 3 is 2.88 bits per heavy atom.